The Labute approximate surface area is 118 Å². The zero-order valence-electron chi connectivity index (χ0n) is 11.7. The predicted octanol–water partition coefficient (Wildman–Crippen LogP) is 2.21. The minimum atomic E-state index is -0.164. The molecular weight excluding hydrogens is 262 g/mol. The van der Waals surface area contributed by atoms with E-state index in [2.05, 4.69) is 22.2 Å². The zero-order valence-corrected chi connectivity index (χ0v) is 12.5. The number of esters is 1. The third-order valence-corrected chi connectivity index (χ3v) is 3.67. The number of hydrogen-bond acceptors (Lipinski definition) is 5. The van der Waals surface area contributed by atoms with Crippen LogP contribution in [0.2, 0.25) is 0 Å². The largest absolute Gasteiger partial charge is 0.496 e. The van der Waals surface area contributed by atoms with Gasteiger partial charge in [-0.25, -0.2) is 0 Å². The maximum atomic E-state index is 11.0. The lowest BCUT2D eigenvalue weighted by Gasteiger charge is -2.10. The van der Waals surface area contributed by atoms with Gasteiger partial charge in [-0.05, 0) is 24.7 Å². The van der Waals surface area contributed by atoms with Crippen molar-refractivity contribution in [2.75, 3.05) is 27.0 Å². The van der Waals surface area contributed by atoms with Crippen LogP contribution in [0, 0.1) is 0 Å². The van der Waals surface area contributed by atoms with Crippen molar-refractivity contribution in [3.63, 3.8) is 0 Å². The Bertz CT molecular complexity index is 410. The second kappa shape index (κ2) is 8.82. The highest BCUT2D eigenvalue weighted by molar-refractivity contribution is 7.98. The molecule has 4 nitrogen and oxygen atoms in total. The topological polar surface area (TPSA) is 47.6 Å². The van der Waals surface area contributed by atoms with E-state index in [-0.39, 0.29) is 5.97 Å². The Balaban J connectivity index is 2.54. The predicted molar refractivity (Wildman–Crippen MR) is 78.6 cm³/mol. The summed E-state index contributed by atoms with van der Waals surface area (Å²) in [5.74, 6) is 2.32. The molecule has 0 aliphatic carbocycles. The average Bonchev–Trinajstić information content (AvgIpc) is 2.44. The third kappa shape index (κ3) is 5.53. The molecule has 106 valence electrons. The molecule has 0 saturated heterocycles. The van der Waals surface area contributed by atoms with Gasteiger partial charge in [0.2, 0.25) is 0 Å². The van der Waals surface area contributed by atoms with Crippen LogP contribution >= 0.6 is 11.8 Å². The number of carbonyl (C=O) groups excluding carboxylic acids is 1. The van der Waals surface area contributed by atoms with Gasteiger partial charge >= 0.3 is 5.97 Å². The summed E-state index contributed by atoms with van der Waals surface area (Å²) < 4.78 is 9.97. The van der Waals surface area contributed by atoms with Crippen molar-refractivity contribution in [2.45, 2.75) is 18.7 Å². The normalized spacial score (nSPS) is 10.3. The molecule has 1 aromatic carbocycles. The summed E-state index contributed by atoms with van der Waals surface area (Å²) in [6, 6.07) is 6.18. The van der Waals surface area contributed by atoms with Crippen molar-refractivity contribution in [3.8, 4) is 5.75 Å². The summed E-state index contributed by atoms with van der Waals surface area (Å²) in [5.41, 5.74) is 2.39. The van der Waals surface area contributed by atoms with Gasteiger partial charge in [0.05, 0.1) is 20.6 Å². The fourth-order valence-electron chi connectivity index (χ4n) is 1.70. The second-order valence-electron chi connectivity index (χ2n) is 4.06. The summed E-state index contributed by atoms with van der Waals surface area (Å²) in [5, 5.41) is 3.13. The van der Waals surface area contributed by atoms with E-state index >= 15 is 0 Å². The molecule has 0 atom stereocenters. The SMILES string of the molecule is CNCc1ccc(OC)c(CSCCC(=O)OC)c1. The van der Waals surface area contributed by atoms with Crippen LogP contribution in [-0.4, -0.2) is 33.0 Å². The molecule has 0 unspecified atom stereocenters. The molecule has 1 N–H and O–H groups in total. The number of benzene rings is 1. The van der Waals surface area contributed by atoms with E-state index < -0.39 is 0 Å². The molecule has 0 radical (unpaired) electrons. The summed E-state index contributed by atoms with van der Waals surface area (Å²) >= 11 is 1.71. The summed E-state index contributed by atoms with van der Waals surface area (Å²) in [7, 11) is 5.02. The zero-order chi connectivity index (χ0) is 14.1. The number of hydrogen-bond donors (Lipinski definition) is 1. The average molecular weight is 283 g/mol. The number of thioether (sulfide) groups is 1. The van der Waals surface area contributed by atoms with Gasteiger partial charge in [0.25, 0.3) is 0 Å². The molecule has 0 bridgehead atoms. The Morgan fingerprint density at radius 3 is 2.79 bits per heavy atom. The quantitative estimate of drug-likeness (QED) is 0.585. The molecule has 0 amide bonds. The fraction of sp³-hybridized carbons (Fsp3) is 0.500. The third-order valence-electron chi connectivity index (χ3n) is 2.66. The molecule has 0 heterocycles. The highest BCUT2D eigenvalue weighted by atomic mass is 32.2. The van der Waals surface area contributed by atoms with Crippen molar-refractivity contribution in [1.82, 2.24) is 5.32 Å². The molecule has 1 aromatic rings. The Kier molecular flexibility index (Phi) is 7.36. The maximum absolute atomic E-state index is 11.0. The van der Waals surface area contributed by atoms with Crippen LogP contribution in [0.1, 0.15) is 17.5 Å². The van der Waals surface area contributed by atoms with E-state index in [4.69, 9.17) is 4.74 Å². The smallest absolute Gasteiger partial charge is 0.306 e. The van der Waals surface area contributed by atoms with Gasteiger partial charge in [0.15, 0.2) is 0 Å². The first-order valence-corrected chi connectivity index (χ1v) is 7.31. The van der Waals surface area contributed by atoms with Crippen LogP contribution in [0.5, 0.6) is 5.75 Å². The molecule has 0 aromatic heterocycles. The van der Waals surface area contributed by atoms with Crippen molar-refractivity contribution in [2.24, 2.45) is 0 Å². The number of methoxy groups -OCH3 is 2. The first-order chi connectivity index (χ1) is 9.21. The molecular formula is C14H21NO3S. The Morgan fingerprint density at radius 1 is 1.37 bits per heavy atom. The number of carbonyl (C=O) groups is 1. The van der Waals surface area contributed by atoms with Gasteiger partial charge in [0.1, 0.15) is 5.75 Å². The van der Waals surface area contributed by atoms with E-state index in [0.717, 1.165) is 29.4 Å². The lowest BCUT2D eigenvalue weighted by Crippen LogP contribution is -2.06. The lowest BCUT2D eigenvalue weighted by molar-refractivity contribution is -0.140. The Morgan fingerprint density at radius 2 is 2.16 bits per heavy atom. The van der Waals surface area contributed by atoms with E-state index in [1.165, 1.54) is 12.7 Å². The van der Waals surface area contributed by atoms with Crippen LogP contribution in [0.3, 0.4) is 0 Å². The fourth-order valence-corrected chi connectivity index (χ4v) is 2.60. The van der Waals surface area contributed by atoms with Crippen LogP contribution in [0.25, 0.3) is 0 Å². The molecule has 1 rings (SSSR count). The van der Waals surface area contributed by atoms with E-state index in [0.29, 0.717) is 6.42 Å². The second-order valence-corrected chi connectivity index (χ2v) is 5.16. The van der Waals surface area contributed by atoms with E-state index in [9.17, 15) is 4.79 Å². The molecule has 0 aliphatic heterocycles. The van der Waals surface area contributed by atoms with Crippen LogP contribution in [0.15, 0.2) is 18.2 Å². The highest BCUT2D eigenvalue weighted by Gasteiger charge is 2.06. The number of rotatable bonds is 8. The van der Waals surface area contributed by atoms with Gasteiger partial charge in [0, 0.05) is 23.6 Å². The van der Waals surface area contributed by atoms with Gasteiger partial charge in [-0.2, -0.15) is 11.8 Å². The molecule has 19 heavy (non-hydrogen) atoms. The van der Waals surface area contributed by atoms with Crippen molar-refractivity contribution < 1.29 is 14.3 Å². The molecule has 5 heteroatoms. The number of nitrogens with one attached hydrogen (secondary N) is 1. The van der Waals surface area contributed by atoms with E-state index in [1.54, 1.807) is 18.9 Å². The van der Waals surface area contributed by atoms with Gasteiger partial charge < -0.3 is 14.8 Å². The minimum Gasteiger partial charge on any atom is -0.496 e. The Hall–Kier alpha value is -1.20. The van der Waals surface area contributed by atoms with Crippen LogP contribution in [-0.2, 0) is 21.8 Å². The maximum Gasteiger partial charge on any atom is 0.306 e. The monoisotopic (exact) mass is 283 g/mol. The highest BCUT2D eigenvalue weighted by Crippen LogP contribution is 2.25. The van der Waals surface area contributed by atoms with Crippen LogP contribution < -0.4 is 10.1 Å². The van der Waals surface area contributed by atoms with Crippen molar-refractivity contribution in [1.29, 1.82) is 0 Å². The summed E-state index contributed by atoms with van der Waals surface area (Å²) in [4.78, 5) is 11.0. The first kappa shape index (κ1) is 15.9. The van der Waals surface area contributed by atoms with Gasteiger partial charge in [-0.1, -0.05) is 6.07 Å². The molecule has 0 saturated carbocycles. The van der Waals surface area contributed by atoms with Crippen molar-refractivity contribution >= 4 is 17.7 Å². The minimum absolute atomic E-state index is 0.164. The standard InChI is InChI=1S/C14H21NO3S/c1-15-9-11-4-5-13(17-2)12(8-11)10-19-7-6-14(16)18-3/h4-5,8,15H,6-7,9-10H2,1-3H3. The summed E-state index contributed by atoms with van der Waals surface area (Å²) in [6.07, 6.45) is 0.444. The van der Waals surface area contributed by atoms with Crippen molar-refractivity contribution in [3.05, 3.63) is 29.3 Å². The lowest BCUT2D eigenvalue weighted by atomic mass is 10.1. The summed E-state index contributed by atoms with van der Waals surface area (Å²) in [6.45, 7) is 0.837. The molecule has 0 aliphatic rings. The number of ether oxygens (including phenoxy) is 2. The van der Waals surface area contributed by atoms with E-state index in [1.807, 2.05) is 13.1 Å². The van der Waals surface area contributed by atoms with Crippen LogP contribution in [0.4, 0.5) is 0 Å². The molecule has 0 fully saturated rings. The molecule has 0 spiro atoms. The van der Waals surface area contributed by atoms with Gasteiger partial charge in [-0.3, -0.25) is 4.79 Å². The van der Waals surface area contributed by atoms with Gasteiger partial charge in [-0.15, -0.1) is 0 Å². The first-order valence-electron chi connectivity index (χ1n) is 6.16.